The zero-order valence-corrected chi connectivity index (χ0v) is 17.7. The topological polar surface area (TPSA) is 18.5 Å². The van der Waals surface area contributed by atoms with Crippen LogP contribution < -0.4 is 9.05 Å². The van der Waals surface area contributed by atoms with E-state index < -0.39 is 5.84 Å². The summed E-state index contributed by atoms with van der Waals surface area (Å²) in [5, 5.41) is 4.38. The first-order valence-electron chi connectivity index (χ1n) is 7.98. The lowest BCUT2D eigenvalue weighted by atomic mass is 10.1. The van der Waals surface area contributed by atoms with Crippen LogP contribution in [0.4, 0.5) is 0 Å². The molecule has 0 aliphatic heterocycles. The summed E-state index contributed by atoms with van der Waals surface area (Å²) in [4.78, 5) is 0. The predicted molar refractivity (Wildman–Crippen MR) is 119 cm³/mol. The van der Waals surface area contributed by atoms with E-state index in [1.54, 1.807) is 12.1 Å². The van der Waals surface area contributed by atoms with Crippen LogP contribution in [0.25, 0.3) is 21.5 Å². The van der Waals surface area contributed by atoms with Crippen LogP contribution in [-0.4, -0.2) is 0 Å². The molecule has 0 bridgehead atoms. The van der Waals surface area contributed by atoms with Gasteiger partial charge < -0.3 is 9.05 Å². The fraction of sp³-hybridized carbons (Fsp3) is 0. The highest BCUT2D eigenvalue weighted by Gasteiger charge is 2.24. The van der Waals surface area contributed by atoms with E-state index in [4.69, 9.17) is 55.3 Å². The van der Waals surface area contributed by atoms with Gasteiger partial charge >= 0.3 is 5.84 Å². The van der Waals surface area contributed by atoms with E-state index in [-0.39, 0.29) is 0 Å². The smallest absolute Gasteiger partial charge is 0.384 e. The van der Waals surface area contributed by atoms with E-state index in [1.807, 2.05) is 60.7 Å². The number of hydrogen-bond donors (Lipinski definition) is 0. The number of benzene rings is 4. The Morgan fingerprint density at radius 3 is 1.48 bits per heavy atom. The Labute approximate surface area is 176 Å². The van der Waals surface area contributed by atoms with Crippen molar-refractivity contribution in [1.29, 1.82) is 0 Å². The van der Waals surface area contributed by atoms with E-state index in [9.17, 15) is 0 Å². The molecule has 4 aromatic rings. The van der Waals surface area contributed by atoms with Crippen molar-refractivity contribution in [2.75, 3.05) is 0 Å². The highest BCUT2D eigenvalue weighted by molar-refractivity contribution is 8.22. The lowest BCUT2D eigenvalue weighted by molar-refractivity contribution is 0.511. The Bertz CT molecular complexity index is 1120. The average molecular weight is 454 g/mol. The van der Waals surface area contributed by atoms with Gasteiger partial charge in [-0.25, -0.2) is 0 Å². The summed E-state index contributed by atoms with van der Waals surface area (Å²) >= 11 is 24.7. The van der Waals surface area contributed by atoms with Gasteiger partial charge in [-0.05, 0) is 34.1 Å². The minimum atomic E-state index is -3.26. The summed E-state index contributed by atoms with van der Waals surface area (Å²) in [7, 11) is 0. The quantitative estimate of drug-likeness (QED) is 0.290. The fourth-order valence-corrected chi connectivity index (χ4v) is 5.10. The standard InChI is InChI=1S/C20H12Cl3O2PS/c21-17-11-9-13-5-1-3-7-15(13)19(17)24-26(23,27)25-20-16-8-4-2-6-14(16)10-12-18(20)22/h1-12H. The van der Waals surface area contributed by atoms with Crippen LogP contribution >= 0.6 is 40.3 Å². The number of rotatable bonds is 4. The Balaban J connectivity index is 1.75. The van der Waals surface area contributed by atoms with E-state index >= 15 is 0 Å². The Hall–Kier alpha value is -1.48. The zero-order valence-electron chi connectivity index (χ0n) is 13.7. The SMILES string of the molecule is S=P(Cl)(Oc1c(Cl)ccc2ccccc12)Oc1c(Cl)ccc2ccccc12. The highest BCUT2D eigenvalue weighted by Crippen LogP contribution is 2.57. The Kier molecular flexibility index (Phi) is 5.24. The molecule has 4 aromatic carbocycles. The fourth-order valence-electron chi connectivity index (χ4n) is 2.86. The van der Waals surface area contributed by atoms with Crippen molar-refractivity contribution in [1.82, 2.24) is 0 Å². The molecule has 0 N–H and O–H groups in total. The number of hydrogen-bond acceptors (Lipinski definition) is 3. The molecule has 2 nitrogen and oxygen atoms in total. The van der Waals surface area contributed by atoms with Crippen LogP contribution in [-0.2, 0) is 11.8 Å². The van der Waals surface area contributed by atoms with Gasteiger partial charge in [0, 0.05) is 22.6 Å². The molecular weight excluding hydrogens is 442 g/mol. The molecule has 0 atom stereocenters. The molecule has 0 aliphatic carbocycles. The zero-order chi connectivity index (χ0) is 19.0. The predicted octanol–water partition coefficient (Wildman–Crippen LogP) is 8.22. The maximum atomic E-state index is 6.51. The van der Waals surface area contributed by atoms with Crippen molar-refractivity contribution in [3.05, 3.63) is 82.8 Å². The second-order valence-electron chi connectivity index (χ2n) is 5.81. The molecule has 7 heteroatoms. The van der Waals surface area contributed by atoms with Crippen molar-refractivity contribution in [2.45, 2.75) is 0 Å². The third-order valence-electron chi connectivity index (χ3n) is 4.06. The third kappa shape index (κ3) is 3.89. The van der Waals surface area contributed by atoms with E-state index in [0.717, 1.165) is 21.5 Å². The molecular formula is C20H12Cl3O2PS. The molecule has 0 amide bonds. The van der Waals surface area contributed by atoms with Crippen LogP contribution in [0.1, 0.15) is 0 Å². The van der Waals surface area contributed by atoms with Crippen molar-refractivity contribution >= 4 is 73.6 Å². The van der Waals surface area contributed by atoms with Crippen LogP contribution in [0.5, 0.6) is 11.5 Å². The van der Waals surface area contributed by atoms with Gasteiger partial charge in [0.25, 0.3) is 0 Å². The molecule has 0 saturated carbocycles. The largest absolute Gasteiger partial charge is 0.422 e. The summed E-state index contributed by atoms with van der Waals surface area (Å²) < 4.78 is 11.9. The minimum absolute atomic E-state index is 0.407. The lowest BCUT2D eigenvalue weighted by Crippen LogP contribution is -1.97. The molecule has 0 aromatic heterocycles. The monoisotopic (exact) mass is 452 g/mol. The van der Waals surface area contributed by atoms with E-state index in [1.165, 1.54) is 0 Å². The molecule has 0 heterocycles. The highest BCUT2D eigenvalue weighted by atomic mass is 35.7. The molecule has 27 heavy (non-hydrogen) atoms. The van der Waals surface area contributed by atoms with Crippen molar-refractivity contribution < 1.29 is 9.05 Å². The molecule has 0 aliphatic rings. The summed E-state index contributed by atoms with van der Waals surface area (Å²) in [6, 6.07) is 22.7. The molecule has 0 unspecified atom stereocenters. The first kappa shape index (κ1) is 18.9. The second-order valence-corrected chi connectivity index (χ2v) is 11.2. The van der Waals surface area contributed by atoms with Gasteiger partial charge in [-0.1, -0.05) is 83.9 Å². The molecule has 0 radical (unpaired) electrons. The van der Waals surface area contributed by atoms with Gasteiger partial charge in [-0.2, -0.15) is 0 Å². The molecule has 0 fully saturated rings. The second kappa shape index (κ2) is 7.50. The Morgan fingerprint density at radius 1 is 0.630 bits per heavy atom. The van der Waals surface area contributed by atoms with Crippen LogP contribution in [0.2, 0.25) is 10.0 Å². The molecule has 0 spiro atoms. The van der Waals surface area contributed by atoms with E-state index in [2.05, 4.69) is 0 Å². The lowest BCUT2D eigenvalue weighted by Gasteiger charge is -2.20. The van der Waals surface area contributed by atoms with E-state index in [0.29, 0.717) is 21.5 Å². The maximum absolute atomic E-state index is 6.51. The maximum Gasteiger partial charge on any atom is 0.384 e. The summed E-state index contributed by atoms with van der Waals surface area (Å²) in [5.74, 6) is -2.45. The molecule has 0 saturated heterocycles. The minimum Gasteiger partial charge on any atom is -0.422 e. The van der Waals surface area contributed by atoms with Gasteiger partial charge in [-0.3, -0.25) is 0 Å². The van der Waals surface area contributed by atoms with Gasteiger partial charge in [0.05, 0.1) is 10.0 Å². The first-order chi connectivity index (χ1) is 12.9. The number of fused-ring (bicyclic) bond motifs is 2. The van der Waals surface area contributed by atoms with Gasteiger partial charge in [0.1, 0.15) is 0 Å². The summed E-state index contributed by atoms with van der Waals surface area (Å²) in [5.41, 5.74) is 0. The van der Waals surface area contributed by atoms with Crippen molar-refractivity contribution in [3.63, 3.8) is 0 Å². The van der Waals surface area contributed by atoms with Crippen LogP contribution in [0.15, 0.2) is 72.8 Å². The van der Waals surface area contributed by atoms with Crippen LogP contribution in [0.3, 0.4) is 0 Å². The van der Waals surface area contributed by atoms with Gasteiger partial charge in [-0.15, -0.1) is 0 Å². The van der Waals surface area contributed by atoms with Crippen molar-refractivity contribution in [2.24, 2.45) is 0 Å². The number of halogens is 3. The summed E-state index contributed by atoms with van der Waals surface area (Å²) in [6.07, 6.45) is 0. The average Bonchev–Trinajstić information content (AvgIpc) is 2.66. The first-order valence-corrected chi connectivity index (χ1v) is 12.3. The molecule has 136 valence electrons. The Morgan fingerprint density at radius 2 is 1.04 bits per heavy atom. The van der Waals surface area contributed by atoms with Crippen LogP contribution in [0, 0.1) is 0 Å². The molecule has 4 rings (SSSR count). The van der Waals surface area contributed by atoms with Crippen molar-refractivity contribution in [3.8, 4) is 11.5 Å². The normalized spacial score (nSPS) is 11.7. The van der Waals surface area contributed by atoms with Gasteiger partial charge in [0.2, 0.25) is 0 Å². The summed E-state index contributed by atoms with van der Waals surface area (Å²) in [6.45, 7) is 0. The van der Waals surface area contributed by atoms with Gasteiger partial charge in [0.15, 0.2) is 11.5 Å². The third-order valence-corrected chi connectivity index (χ3v) is 6.32.